The van der Waals surface area contributed by atoms with Gasteiger partial charge in [0.05, 0.1) is 4.90 Å². The van der Waals surface area contributed by atoms with Crippen molar-refractivity contribution in [2.24, 2.45) is 15.3 Å². The van der Waals surface area contributed by atoms with Gasteiger partial charge in [-0.25, -0.2) is 9.02 Å². The maximum Gasteiger partial charge on any atom is 0.285 e. The van der Waals surface area contributed by atoms with Gasteiger partial charge in [-0.3, -0.25) is 0 Å². The molecule has 0 spiro atoms. The molecule has 0 fully saturated rings. The average Bonchev–Trinajstić information content (AvgIpc) is 3.28. The summed E-state index contributed by atoms with van der Waals surface area (Å²) >= 11 is 3.15. The Morgan fingerprint density at radius 1 is 1.31 bits per heavy atom. The number of alkyl halides is 1. The van der Waals surface area contributed by atoms with Crippen LogP contribution < -0.4 is 21.7 Å². The molecule has 1 aromatic carbocycles. The number of aromatic nitrogens is 2. The molecule has 12 nitrogen and oxygen atoms in total. The summed E-state index contributed by atoms with van der Waals surface area (Å²) in [5.41, 5.74) is 7.25. The van der Waals surface area contributed by atoms with E-state index in [2.05, 4.69) is 51.7 Å². The Morgan fingerprint density at radius 2 is 2.06 bits per heavy atom. The summed E-state index contributed by atoms with van der Waals surface area (Å²) in [4.78, 5) is 0.0480. The molecular formula is C20H24BrFN8O4S. The molecule has 0 bridgehead atoms. The lowest BCUT2D eigenvalue weighted by molar-refractivity contribution is 0.304. The lowest BCUT2D eigenvalue weighted by Crippen LogP contribution is -2.34. The van der Waals surface area contributed by atoms with E-state index < -0.39 is 16.2 Å². The minimum Gasteiger partial charge on any atom is -0.409 e. The van der Waals surface area contributed by atoms with Crippen LogP contribution in [-0.2, 0) is 10.0 Å². The van der Waals surface area contributed by atoms with Crippen LogP contribution in [0.15, 0.2) is 65.7 Å². The van der Waals surface area contributed by atoms with Crippen LogP contribution in [0.3, 0.4) is 0 Å². The molecule has 0 amide bonds. The van der Waals surface area contributed by atoms with E-state index in [9.17, 15) is 18.0 Å². The summed E-state index contributed by atoms with van der Waals surface area (Å²) in [5.74, 6) is -0.0786. The maximum atomic E-state index is 13.6. The third kappa shape index (κ3) is 7.26. The zero-order valence-corrected chi connectivity index (χ0v) is 21.0. The number of nitrogens with two attached hydrogens (primary N) is 1. The number of halogens is 2. The normalized spacial score (nSPS) is 16.9. The highest BCUT2D eigenvalue weighted by Gasteiger charge is 2.20. The Kier molecular flexibility index (Phi) is 8.81. The quantitative estimate of drug-likeness (QED) is 0.0984. The highest BCUT2D eigenvalue weighted by Crippen LogP contribution is 2.24. The molecule has 0 saturated heterocycles. The van der Waals surface area contributed by atoms with Crippen LogP contribution >= 0.6 is 15.9 Å². The van der Waals surface area contributed by atoms with Crippen molar-refractivity contribution in [1.82, 2.24) is 20.9 Å². The number of aryl methyl sites for hydroxylation is 1. The lowest BCUT2D eigenvalue weighted by atomic mass is 10.1. The number of nitrogens with one attached hydrogen (secondary N) is 3. The molecule has 1 aliphatic rings. The summed E-state index contributed by atoms with van der Waals surface area (Å²) in [6.07, 6.45) is 2.65. The zero-order valence-electron chi connectivity index (χ0n) is 18.6. The number of amidine groups is 1. The second kappa shape index (κ2) is 11.8. The summed E-state index contributed by atoms with van der Waals surface area (Å²) in [5, 5.41) is 28.6. The van der Waals surface area contributed by atoms with E-state index in [1.165, 1.54) is 18.2 Å². The number of sulfonamides is 1. The number of anilines is 1. The summed E-state index contributed by atoms with van der Waals surface area (Å²) in [6.45, 7) is 2.52. The Hall–Kier alpha value is -3.46. The number of benzene rings is 1. The Labute approximate surface area is 209 Å². The topological polar surface area (TPSA) is 180 Å². The largest absolute Gasteiger partial charge is 0.409 e. The van der Waals surface area contributed by atoms with Crippen LogP contribution in [0.25, 0.3) is 0 Å². The van der Waals surface area contributed by atoms with E-state index in [-0.39, 0.29) is 34.6 Å². The van der Waals surface area contributed by atoms with Gasteiger partial charge in [0, 0.05) is 29.7 Å². The number of rotatable bonds is 9. The predicted octanol–water partition coefficient (Wildman–Crippen LogP) is 2.10. The minimum absolute atomic E-state index is 0.0480. The molecule has 1 atom stereocenters. The number of guanidine groups is 1. The van der Waals surface area contributed by atoms with Gasteiger partial charge in [-0.1, -0.05) is 44.9 Å². The van der Waals surface area contributed by atoms with Crippen molar-refractivity contribution in [1.29, 1.82) is 0 Å². The Balaban J connectivity index is 1.50. The first-order chi connectivity index (χ1) is 16.7. The summed E-state index contributed by atoms with van der Waals surface area (Å²) in [6, 6.07) is 6.28. The fourth-order valence-electron chi connectivity index (χ4n) is 2.89. The first-order valence-corrected chi connectivity index (χ1v) is 12.6. The number of hydrogen-bond acceptors (Lipinski definition) is 8. The summed E-state index contributed by atoms with van der Waals surface area (Å²) in [7, 11) is -3.91. The van der Waals surface area contributed by atoms with E-state index in [0.717, 1.165) is 5.56 Å². The second-order valence-corrected chi connectivity index (χ2v) is 9.92. The predicted molar refractivity (Wildman–Crippen MR) is 131 cm³/mol. The SMILES string of the molecule is Cc1ccc(S(=O)(=O)/N=C(\N)NCCCNc2nonc2/C(=N/O)NC2=CCC(F)C(Br)=C2)cc1. The fourth-order valence-corrected chi connectivity index (χ4v) is 4.24. The van der Waals surface area contributed by atoms with Gasteiger partial charge < -0.3 is 26.9 Å². The van der Waals surface area contributed by atoms with Gasteiger partial charge in [0.1, 0.15) is 6.17 Å². The van der Waals surface area contributed by atoms with E-state index in [0.29, 0.717) is 29.7 Å². The number of nitrogens with zero attached hydrogens (tertiary/aromatic N) is 4. The molecule has 3 rings (SSSR count). The molecule has 15 heteroatoms. The molecule has 1 aliphatic carbocycles. The van der Waals surface area contributed by atoms with Crippen molar-refractivity contribution in [3.8, 4) is 0 Å². The number of hydrogen-bond donors (Lipinski definition) is 5. The second-order valence-electron chi connectivity index (χ2n) is 7.40. The Morgan fingerprint density at radius 3 is 2.74 bits per heavy atom. The van der Waals surface area contributed by atoms with Crippen molar-refractivity contribution in [3.05, 3.63) is 57.9 Å². The van der Waals surface area contributed by atoms with E-state index in [1.807, 2.05) is 6.92 Å². The van der Waals surface area contributed by atoms with Crippen LogP contribution in [0, 0.1) is 6.92 Å². The van der Waals surface area contributed by atoms with Gasteiger partial charge in [0.2, 0.25) is 17.6 Å². The fraction of sp³-hybridized carbons (Fsp3) is 0.300. The molecule has 0 saturated carbocycles. The first-order valence-electron chi connectivity index (χ1n) is 10.4. The molecule has 1 aromatic heterocycles. The van der Waals surface area contributed by atoms with E-state index in [4.69, 9.17) is 10.4 Å². The molecule has 188 valence electrons. The smallest absolute Gasteiger partial charge is 0.285 e. The van der Waals surface area contributed by atoms with Gasteiger partial charge in [0.15, 0.2) is 5.69 Å². The molecule has 1 heterocycles. The molecule has 35 heavy (non-hydrogen) atoms. The molecule has 0 aliphatic heterocycles. The molecule has 1 unspecified atom stereocenters. The van der Waals surface area contributed by atoms with Crippen molar-refractivity contribution in [2.45, 2.75) is 30.8 Å². The Bertz CT molecular complexity index is 1260. The van der Waals surface area contributed by atoms with Crippen LogP contribution in [0.1, 0.15) is 24.1 Å². The van der Waals surface area contributed by atoms with Crippen LogP contribution in [0.2, 0.25) is 0 Å². The standard InChI is InChI=1S/C20H24BrFN8O4S/c1-12-3-6-14(7-4-12)35(32,33)30-20(23)25-10-2-9-24-18-17(28-34-29-18)19(27-31)26-13-5-8-16(22)15(21)11-13/h3-7,11,16,31H,2,8-10H2,1H3,(H,24,29)(H,26,27)(H3,23,25,30). The maximum absolute atomic E-state index is 13.6. The first kappa shape index (κ1) is 26.2. The van der Waals surface area contributed by atoms with Crippen molar-refractivity contribution in [3.63, 3.8) is 0 Å². The van der Waals surface area contributed by atoms with Gasteiger partial charge in [0.25, 0.3) is 10.0 Å². The highest BCUT2D eigenvalue weighted by molar-refractivity contribution is 9.11. The van der Waals surface area contributed by atoms with Gasteiger partial charge >= 0.3 is 0 Å². The van der Waals surface area contributed by atoms with Crippen molar-refractivity contribution in [2.75, 3.05) is 18.4 Å². The van der Waals surface area contributed by atoms with Gasteiger partial charge in [-0.15, -0.1) is 4.40 Å². The third-order valence-electron chi connectivity index (χ3n) is 4.70. The molecule has 2 aromatic rings. The highest BCUT2D eigenvalue weighted by atomic mass is 79.9. The van der Waals surface area contributed by atoms with E-state index >= 15 is 0 Å². The average molecular weight is 571 g/mol. The monoisotopic (exact) mass is 570 g/mol. The molecule has 6 N–H and O–H groups in total. The minimum atomic E-state index is -3.91. The van der Waals surface area contributed by atoms with Gasteiger partial charge in [-0.05, 0) is 41.9 Å². The van der Waals surface area contributed by atoms with E-state index in [1.54, 1.807) is 18.2 Å². The third-order valence-corrected chi connectivity index (χ3v) is 6.73. The number of allylic oxidation sites excluding steroid dienone is 3. The molecular weight excluding hydrogens is 547 g/mol. The van der Waals surface area contributed by atoms with Crippen molar-refractivity contribution >= 4 is 43.6 Å². The van der Waals surface area contributed by atoms with Crippen LogP contribution in [0.5, 0.6) is 0 Å². The zero-order chi connectivity index (χ0) is 25.4. The number of oxime groups is 1. The van der Waals surface area contributed by atoms with Gasteiger partial charge in [-0.2, -0.15) is 8.42 Å². The van der Waals surface area contributed by atoms with Crippen LogP contribution in [-0.4, -0.2) is 55.0 Å². The lowest BCUT2D eigenvalue weighted by Gasteiger charge is -2.15. The summed E-state index contributed by atoms with van der Waals surface area (Å²) < 4.78 is 46.8. The molecule has 0 radical (unpaired) electrons. The van der Waals surface area contributed by atoms with Crippen molar-refractivity contribution < 1.29 is 22.6 Å². The van der Waals surface area contributed by atoms with Crippen LogP contribution in [0.4, 0.5) is 10.2 Å².